The molecule has 1 aliphatic rings. The largest absolute Gasteiger partial charge is 0.307 e. The highest BCUT2D eigenvalue weighted by atomic mass is 35.5. The summed E-state index contributed by atoms with van der Waals surface area (Å²) in [6, 6.07) is 8.99. The SMILES string of the molecule is O=c1cc(C2CCCC2)nc(-c2ccc(Cl)cc2)[nH]1. The summed E-state index contributed by atoms with van der Waals surface area (Å²) >= 11 is 5.87. The molecular formula is C15H15ClN2O. The van der Waals surface area contributed by atoms with E-state index in [9.17, 15) is 4.79 Å². The van der Waals surface area contributed by atoms with E-state index < -0.39 is 0 Å². The minimum Gasteiger partial charge on any atom is -0.307 e. The lowest BCUT2D eigenvalue weighted by Gasteiger charge is -2.09. The molecule has 98 valence electrons. The Kier molecular flexibility index (Phi) is 3.38. The average molecular weight is 275 g/mol. The molecular weight excluding hydrogens is 260 g/mol. The van der Waals surface area contributed by atoms with Crippen molar-refractivity contribution in [3.8, 4) is 11.4 Å². The third kappa shape index (κ3) is 2.71. The number of halogens is 1. The van der Waals surface area contributed by atoms with E-state index in [2.05, 4.69) is 9.97 Å². The van der Waals surface area contributed by atoms with Crippen LogP contribution in [0.25, 0.3) is 11.4 Å². The lowest BCUT2D eigenvalue weighted by molar-refractivity contribution is 0.693. The number of benzene rings is 1. The van der Waals surface area contributed by atoms with E-state index in [1.54, 1.807) is 18.2 Å². The van der Waals surface area contributed by atoms with Gasteiger partial charge in [-0.2, -0.15) is 0 Å². The Labute approximate surface area is 116 Å². The Morgan fingerprint density at radius 3 is 2.53 bits per heavy atom. The van der Waals surface area contributed by atoms with E-state index in [1.165, 1.54) is 12.8 Å². The van der Waals surface area contributed by atoms with Crippen LogP contribution >= 0.6 is 11.6 Å². The van der Waals surface area contributed by atoms with E-state index >= 15 is 0 Å². The predicted octanol–water partition coefficient (Wildman–Crippen LogP) is 3.75. The highest BCUT2D eigenvalue weighted by molar-refractivity contribution is 6.30. The monoisotopic (exact) mass is 274 g/mol. The maximum atomic E-state index is 11.8. The Balaban J connectivity index is 2.01. The summed E-state index contributed by atoms with van der Waals surface area (Å²) in [7, 11) is 0. The molecule has 0 unspecified atom stereocenters. The first-order valence-corrected chi connectivity index (χ1v) is 6.97. The van der Waals surface area contributed by atoms with Gasteiger partial charge in [-0.25, -0.2) is 4.98 Å². The van der Waals surface area contributed by atoms with Crippen LogP contribution in [0.3, 0.4) is 0 Å². The lowest BCUT2D eigenvalue weighted by Crippen LogP contribution is -2.12. The third-order valence-electron chi connectivity index (χ3n) is 3.65. The van der Waals surface area contributed by atoms with Crippen molar-refractivity contribution in [2.24, 2.45) is 0 Å². The number of H-pyrrole nitrogens is 1. The molecule has 0 radical (unpaired) electrons. The van der Waals surface area contributed by atoms with Gasteiger partial charge in [0.15, 0.2) is 0 Å². The zero-order chi connectivity index (χ0) is 13.2. The van der Waals surface area contributed by atoms with Crippen LogP contribution in [-0.4, -0.2) is 9.97 Å². The molecule has 1 saturated carbocycles. The van der Waals surface area contributed by atoms with Crippen LogP contribution in [0.2, 0.25) is 5.02 Å². The molecule has 0 aliphatic heterocycles. The van der Waals surface area contributed by atoms with Gasteiger partial charge in [0, 0.05) is 22.6 Å². The molecule has 3 rings (SSSR count). The van der Waals surface area contributed by atoms with Crippen LogP contribution in [-0.2, 0) is 0 Å². The topological polar surface area (TPSA) is 45.8 Å². The van der Waals surface area contributed by atoms with E-state index in [1.807, 2.05) is 12.1 Å². The van der Waals surface area contributed by atoms with Gasteiger partial charge in [0.25, 0.3) is 5.56 Å². The summed E-state index contributed by atoms with van der Waals surface area (Å²) in [6.07, 6.45) is 4.73. The van der Waals surface area contributed by atoms with Crippen molar-refractivity contribution in [1.82, 2.24) is 9.97 Å². The van der Waals surface area contributed by atoms with E-state index in [0.717, 1.165) is 24.1 Å². The van der Waals surface area contributed by atoms with Gasteiger partial charge in [-0.3, -0.25) is 4.79 Å². The summed E-state index contributed by atoms with van der Waals surface area (Å²) in [5.41, 5.74) is 1.73. The quantitative estimate of drug-likeness (QED) is 0.906. The fourth-order valence-corrected chi connectivity index (χ4v) is 2.78. The smallest absolute Gasteiger partial charge is 0.251 e. The van der Waals surface area contributed by atoms with Crippen molar-refractivity contribution in [1.29, 1.82) is 0 Å². The van der Waals surface area contributed by atoms with Crippen molar-refractivity contribution >= 4 is 11.6 Å². The summed E-state index contributed by atoms with van der Waals surface area (Å²) in [5, 5.41) is 0.679. The number of hydrogen-bond donors (Lipinski definition) is 1. The van der Waals surface area contributed by atoms with Gasteiger partial charge in [-0.05, 0) is 37.1 Å². The first kappa shape index (κ1) is 12.4. The van der Waals surface area contributed by atoms with Crippen molar-refractivity contribution in [2.45, 2.75) is 31.6 Å². The second kappa shape index (κ2) is 5.17. The minimum atomic E-state index is -0.0816. The van der Waals surface area contributed by atoms with Crippen molar-refractivity contribution in [2.75, 3.05) is 0 Å². The van der Waals surface area contributed by atoms with Crippen molar-refractivity contribution in [3.63, 3.8) is 0 Å². The second-order valence-electron chi connectivity index (χ2n) is 5.01. The summed E-state index contributed by atoms with van der Waals surface area (Å²) in [4.78, 5) is 19.2. The molecule has 4 heteroatoms. The maximum absolute atomic E-state index is 11.8. The molecule has 1 aliphatic carbocycles. The Bertz CT molecular complexity index is 627. The molecule has 19 heavy (non-hydrogen) atoms. The summed E-state index contributed by atoms with van der Waals surface area (Å²) < 4.78 is 0. The number of hydrogen-bond acceptors (Lipinski definition) is 2. The minimum absolute atomic E-state index is 0.0816. The van der Waals surface area contributed by atoms with Crippen molar-refractivity contribution < 1.29 is 0 Å². The van der Waals surface area contributed by atoms with E-state index in [0.29, 0.717) is 16.8 Å². The van der Waals surface area contributed by atoms with Gasteiger partial charge in [-0.1, -0.05) is 24.4 Å². The Morgan fingerprint density at radius 1 is 1.16 bits per heavy atom. The van der Waals surface area contributed by atoms with Crippen LogP contribution in [0, 0.1) is 0 Å². The average Bonchev–Trinajstić information content (AvgIpc) is 2.93. The fraction of sp³-hybridized carbons (Fsp3) is 0.333. The van der Waals surface area contributed by atoms with Gasteiger partial charge in [-0.15, -0.1) is 0 Å². The first-order chi connectivity index (χ1) is 9.22. The number of rotatable bonds is 2. The molecule has 1 aromatic carbocycles. The van der Waals surface area contributed by atoms with Crippen LogP contribution in [0.1, 0.15) is 37.3 Å². The van der Waals surface area contributed by atoms with Crippen LogP contribution in [0.5, 0.6) is 0 Å². The van der Waals surface area contributed by atoms with Gasteiger partial charge in [0.2, 0.25) is 0 Å². The summed E-state index contributed by atoms with van der Waals surface area (Å²) in [5.74, 6) is 1.07. The molecule has 1 N–H and O–H groups in total. The third-order valence-corrected chi connectivity index (χ3v) is 3.90. The molecule has 3 nitrogen and oxygen atoms in total. The van der Waals surface area contributed by atoms with Gasteiger partial charge >= 0.3 is 0 Å². The lowest BCUT2D eigenvalue weighted by atomic mass is 10.0. The molecule has 1 heterocycles. The maximum Gasteiger partial charge on any atom is 0.251 e. The molecule has 2 aromatic rings. The molecule has 0 bridgehead atoms. The molecule has 0 spiro atoms. The fourth-order valence-electron chi connectivity index (χ4n) is 2.65. The standard InChI is InChI=1S/C15H15ClN2O/c16-12-7-5-11(6-8-12)15-17-13(9-14(19)18-15)10-3-1-2-4-10/h5-10H,1-4H2,(H,17,18,19). The first-order valence-electron chi connectivity index (χ1n) is 6.59. The van der Waals surface area contributed by atoms with E-state index in [-0.39, 0.29) is 5.56 Å². The molecule has 0 amide bonds. The highest BCUT2D eigenvalue weighted by Crippen LogP contribution is 2.33. The van der Waals surface area contributed by atoms with Crippen LogP contribution < -0.4 is 5.56 Å². The van der Waals surface area contributed by atoms with Gasteiger partial charge in [0.05, 0.1) is 5.69 Å². The van der Waals surface area contributed by atoms with Crippen molar-refractivity contribution in [3.05, 3.63) is 51.4 Å². The van der Waals surface area contributed by atoms with Crippen LogP contribution in [0.4, 0.5) is 0 Å². The molecule has 1 fully saturated rings. The zero-order valence-corrected chi connectivity index (χ0v) is 11.3. The predicted molar refractivity (Wildman–Crippen MR) is 76.5 cm³/mol. The van der Waals surface area contributed by atoms with Crippen LogP contribution in [0.15, 0.2) is 35.1 Å². The van der Waals surface area contributed by atoms with Gasteiger partial charge in [0.1, 0.15) is 5.82 Å². The number of nitrogens with one attached hydrogen (secondary N) is 1. The second-order valence-corrected chi connectivity index (χ2v) is 5.44. The normalized spacial score (nSPS) is 15.8. The molecule has 1 aromatic heterocycles. The molecule has 0 atom stereocenters. The number of aromatic amines is 1. The van der Waals surface area contributed by atoms with Gasteiger partial charge < -0.3 is 4.98 Å². The Morgan fingerprint density at radius 2 is 1.84 bits per heavy atom. The number of aromatic nitrogens is 2. The zero-order valence-electron chi connectivity index (χ0n) is 10.5. The highest BCUT2D eigenvalue weighted by Gasteiger charge is 2.19. The van der Waals surface area contributed by atoms with E-state index in [4.69, 9.17) is 11.6 Å². The summed E-state index contributed by atoms with van der Waals surface area (Å²) in [6.45, 7) is 0. The number of nitrogens with zero attached hydrogens (tertiary/aromatic N) is 1. The molecule has 0 saturated heterocycles. The Hall–Kier alpha value is -1.61.